The molecule has 3 aromatic rings. The number of carbonyl (C=O) groups is 2. The summed E-state index contributed by atoms with van der Waals surface area (Å²) in [5.74, 6) is 0.645. The molecule has 0 spiro atoms. The normalized spacial score (nSPS) is 17.9. The van der Waals surface area contributed by atoms with Gasteiger partial charge in [0.2, 0.25) is 0 Å². The number of ether oxygens (including phenoxy) is 3. The highest BCUT2D eigenvalue weighted by molar-refractivity contribution is 6.03. The Hall–Kier alpha value is -3.69. The predicted octanol–water partition coefficient (Wildman–Crippen LogP) is 8.12. The van der Waals surface area contributed by atoms with Crippen LogP contribution < -0.4 is 10.1 Å². The molecular weight excluding hydrogens is 513 g/mol. The van der Waals surface area contributed by atoms with Crippen LogP contribution in [0.5, 0.6) is 5.75 Å². The minimum Gasteiger partial charge on any atom is -0.490 e. The van der Waals surface area contributed by atoms with Crippen LogP contribution in [0.1, 0.15) is 71.4 Å². The van der Waals surface area contributed by atoms with Gasteiger partial charge in [0.15, 0.2) is 0 Å². The van der Waals surface area contributed by atoms with E-state index in [1.165, 1.54) is 22.9 Å². The number of anilines is 1. The van der Waals surface area contributed by atoms with Crippen LogP contribution in [0.2, 0.25) is 0 Å². The lowest BCUT2D eigenvalue weighted by Crippen LogP contribution is -2.32. The maximum absolute atomic E-state index is 12.9. The van der Waals surface area contributed by atoms with Crippen LogP contribution in [-0.2, 0) is 15.7 Å². The first-order chi connectivity index (χ1) is 18.0. The van der Waals surface area contributed by atoms with Crippen molar-refractivity contribution >= 4 is 28.8 Å². The van der Waals surface area contributed by atoms with Crippen LogP contribution in [0.25, 0.3) is 10.9 Å². The number of rotatable bonds is 4. The number of hydrogen-bond donors (Lipinski definition) is 1. The van der Waals surface area contributed by atoms with E-state index >= 15 is 0 Å². The van der Waals surface area contributed by atoms with E-state index in [2.05, 4.69) is 5.32 Å². The average molecular weight is 547 g/mol. The van der Waals surface area contributed by atoms with Crippen LogP contribution in [0.3, 0.4) is 0 Å². The van der Waals surface area contributed by atoms with Crippen LogP contribution in [-0.4, -0.2) is 34.1 Å². The van der Waals surface area contributed by atoms with Crippen molar-refractivity contribution in [1.29, 1.82) is 0 Å². The summed E-state index contributed by atoms with van der Waals surface area (Å²) >= 11 is 0. The third-order valence-corrected chi connectivity index (χ3v) is 6.11. The average Bonchev–Trinajstić information content (AvgIpc) is 3.11. The lowest BCUT2D eigenvalue weighted by Gasteiger charge is -2.35. The van der Waals surface area contributed by atoms with Crippen molar-refractivity contribution in [2.45, 2.75) is 83.8 Å². The first kappa shape index (κ1) is 28.3. The van der Waals surface area contributed by atoms with Crippen molar-refractivity contribution < 1.29 is 37.0 Å². The van der Waals surface area contributed by atoms with E-state index in [1.807, 2.05) is 0 Å². The third-order valence-electron chi connectivity index (χ3n) is 6.11. The van der Waals surface area contributed by atoms with Crippen LogP contribution in [0.15, 0.2) is 48.7 Å². The Morgan fingerprint density at radius 3 is 2.08 bits per heavy atom. The van der Waals surface area contributed by atoms with Gasteiger partial charge in [-0.1, -0.05) is 12.1 Å². The van der Waals surface area contributed by atoms with Crippen molar-refractivity contribution in [2.75, 3.05) is 5.32 Å². The van der Waals surface area contributed by atoms with E-state index in [-0.39, 0.29) is 12.0 Å². The zero-order valence-corrected chi connectivity index (χ0v) is 22.8. The summed E-state index contributed by atoms with van der Waals surface area (Å²) < 4.78 is 56.9. The molecule has 0 atom stereocenters. The maximum atomic E-state index is 12.9. The second-order valence-corrected chi connectivity index (χ2v) is 11.7. The van der Waals surface area contributed by atoms with Crippen molar-refractivity contribution in [3.63, 3.8) is 0 Å². The van der Waals surface area contributed by atoms with E-state index in [4.69, 9.17) is 14.2 Å². The Kier molecular flexibility index (Phi) is 7.35. The molecule has 0 bridgehead atoms. The molecule has 0 aliphatic heterocycles. The summed E-state index contributed by atoms with van der Waals surface area (Å²) in [4.78, 5) is 25.4. The molecule has 1 aromatic heterocycles. The molecule has 1 amide bonds. The highest BCUT2D eigenvalue weighted by atomic mass is 19.4. The highest BCUT2D eigenvalue weighted by Crippen LogP contribution is 2.41. The summed E-state index contributed by atoms with van der Waals surface area (Å²) in [5.41, 5.74) is -0.387. The molecule has 210 valence electrons. The topological polar surface area (TPSA) is 78.8 Å². The number of hydrogen-bond acceptors (Lipinski definition) is 5. The first-order valence-corrected chi connectivity index (χ1v) is 12.7. The Balaban J connectivity index is 1.52. The molecule has 0 saturated heterocycles. The fraction of sp³-hybridized carbons (Fsp3) is 0.448. The second kappa shape index (κ2) is 10.1. The number of nitrogens with one attached hydrogen (secondary N) is 1. The Labute approximate surface area is 225 Å². The Morgan fingerprint density at radius 2 is 1.51 bits per heavy atom. The second-order valence-electron chi connectivity index (χ2n) is 11.7. The zero-order chi connectivity index (χ0) is 28.8. The summed E-state index contributed by atoms with van der Waals surface area (Å²) in [7, 11) is 0. The van der Waals surface area contributed by atoms with E-state index < -0.39 is 35.1 Å². The molecule has 39 heavy (non-hydrogen) atoms. The van der Waals surface area contributed by atoms with E-state index in [9.17, 15) is 22.8 Å². The van der Waals surface area contributed by atoms with Gasteiger partial charge in [0.05, 0.1) is 22.9 Å². The molecule has 0 radical (unpaired) electrons. The number of halogens is 3. The first-order valence-electron chi connectivity index (χ1n) is 12.7. The molecule has 1 saturated carbocycles. The van der Waals surface area contributed by atoms with Gasteiger partial charge in [0, 0.05) is 11.6 Å². The van der Waals surface area contributed by atoms with Gasteiger partial charge in [0.25, 0.3) is 0 Å². The number of aromatic nitrogens is 1. The number of carbonyl (C=O) groups excluding carboxylic acids is 2. The lowest BCUT2D eigenvalue weighted by molar-refractivity contribution is -0.137. The van der Waals surface area contributed by atoms with Crippen LogP contribution in [0, 0.1) is 0 Å². The highest BCUT2D eigenvalue weighted by Gasteiger charge is 2.34. The largest absolute Gasteiger partial charge is 0.490 e. The number of alkyl halides is 3. The van der Waals surface area contributed by atoms with Crippen LogP contribution >= 0.6 is 0 Å². The summed E-state index contributed by atoms with van der Waals surface area (Å²) in [5, 5.41) is 3.26. The molecule has 2 aromatic carbocycles. The molecular formula is C29H33F3N2O5. The van der Waals surface area contributed by atoms with E-state index in [1.54, 1.807) is 59.7 Å². The van der Waals surface area contributed by atoms with Crippen molar-refractivity contribution in [2.24, 2.45) is 0 Å². The van der Waals surface area contributed by atoms with Gasteiger partial charge in [-0.15, -0.1) is 0 Å². The van der Waals surface area contributed by atoms with Crippen LogP contribution in [0.4, 0.5) is 28.4 Å². The maximum Gasteiger partial charge on any atom is 0.419 e. The van der Waals surface area contributed by atoms with E-state index in [0.717, 1.165) is 17.7 Å². The third kappa shape index (κ3) is 7.04. The number of amides is 1. The Bertz CT molecular complexity index is 1360. The minimum atomic E-state index is -4.36. The zero-order valence-electron chi connectivity index (χ0n) is 22.8. The number of fused-ring (bicyclic) bond motifs is 1. The lowest BCUT2D eigenvalue weighted by atomic mass is 9.77. The fourth-order valence-electron chi connectivity index (χ4n) is 4.33. The molecule has 1 aliphatic rings. The smallest absolute Gasteiger partial charge is 0.419 e. The predicted molar refractivity (Wildman–Crippen MR) is 141 cm³/mol. The molecule has 1 N–H and O–H groups in total. The fourth-order valence-corrected chi connectivity index (χ4v) is 4.33. The van der Waals surface area contributed by atoms with Crippen molar-refractivity contribution in [1.82, 2.24) is 4.57 Å². The SMILES string of the molecule is CC(C)(C)OC(=O)Nc1cn(C(=O)OC(C)(C)C)c2ccc(O[C@H]3C[C@H](c4ccc(C(F)(F)F)cc4)C3)cc12. The Morgan fingerprint density at radius 1 is 0.897 bits per heavy atom. The molecule has 10 heteroatoms. The molecule has 4 rings (SSSR count). The minimum absolute atomic E-state index is 0.110. The van der Waals surface area contributed by atoms with E-state index in [0.29, 0.717) is 35.2 Å². The molecule has 0 unspecified atom stereocenters. The van der Waals surface area contributed by atoms with Gasteiger partial charge in [-0.2, -0.15) is 13.2 Å². The quantitative estimate of drug-likeness (QED) is 0.358. The summed E-state index contributed by atoms with van der Waals surface area (Å²) in [6, 6.07) is 10.4. The van der Waals surface area contributed by atoms with Gasteiger partial charge < -0.3 is 14.2 Å². The van der Waals surface area contributed by atoms with Gasteiger partial charge in [-0.3, -0.25) is 9.88 Å². The number of nitrogens with zero attached hydrogens (tertiary/aromatic N) is 1. The van der Waals surface area contributed by atoms with Gasteiger partial charge in [0.1, 0.15) is 17.0 Å². The van der Waals surface area contributed by atoms with Crippen molar-refractivity contribution in [3.05, 3.63) is 59.8 Å². The molecule has 1 fully saturated rings. The molecule has 7 nitrogen and oxygen atoms in total. The van der Waals surface area contributed by atoms with Crippen molar-refractivity contribution in [3.8, 4) is 5.75 Å². The molecule has 1 heterocycles. The van der Waals surface area contributed by atoms with Gasteiger partial charge >= 0.3 is 18.4 Å². The summed E-state index contributed by atoms with van der Waals surface area (Å²) in [6.45, 7) is 10.5. The number of benzene rings is 2. The summed E-state index contributed by atoms with van der Waals surface area (Å²) in [6.07, 6.45) is -2.95. The van der Waals surface area contributed by atoms with Gasteiger partial charge in [-0.05, 0) is 96.2 Å². The van der Waals surface area contributed by atoms with Gasteiger partial charge in [-0.25, -0.2) is 9.59 Å². The monoisotopic (exact) mass is 546 g/mol. The standard InChI is InChI=1S/C29H33F3N2O5/c1-27(2,3)38-25(35)33-23-16-34(26(36)39-28(4,5)6)24-12-11-20(15-22(23)24)37-21-13-18(14-21)17-7-9-19(10-8-17)29(30,31)32/h7-12,15-16,18,21H,13-14H2,1-6H3,(H,33,35)/t18-,21-. The molecule has 1 aliphatic carbocycles.